The molecule has 192 valence electrons. The van der Waals surface area contributed by atoms with Gasteiger partial charge in [0, 0.05) is 66.0 Å². The number of anilines is 1. The van der Waals surface area contributed by atoms with Gasteiger partial charge >= 0.3 is 0 Å². The van der Waals surface area contributed by atoms with Crippen LogP contribution < -0.4 is 4.90 Å². The van der Waals surface area contributed by atoms with Gasteiger partial charge in [0.1, 0.15) is 11.5 Å². The van der Waals surface area contributed by atoms with Crippen LogP contribution in [0.15, 0.2) is 79.4 Å². The number of nitrogens with zero attached hydrogens (tertiary/aromatic N) is 7. The molecule has 0 unspecified atom stereocenters. The molecule has 1 N–H and O–H groups in total. The normalized spacial score (nSPS) is 19.1. The zero-order chi connectivity index (χ0) is 26.1. The lowest BCUT2D eigenvalue weighted by molar-refractivity contribution is 0.292. The number of nitrogens with one attached hydrogen (secondary N) is 1. The highest BCUT2D eigenvalue weighted by atomic mass is 19.1. The number of hydrogen-bond acceptors (Lipinski definition) is 6. The van der Waals surface area contributed by atoms with E-state index in [9.17, 15) is 4.39 Å². The molecule has 0 radical (unpaired) electrons. The van der Waals surface area contributed by atoms with Crippen molar-refractivity contribution in [3.05, 3.63) is 85.2 Å². The Labute approximate surface area is 223 Å². The van der Waals surface area contributed by atoms with Gasteiger partial charge in [0.15, 0.2) is 5.65 Å². The number of halogens is 1. The summed E-state index contributed by atoms with van der Waals surface area (Å²) in [5, 5.41) is 13.5. The zero-order valence-electron chi connectivity index (χ0n) is 21.3. The molecule has 6 heterocycles. The highest BCUT2D eigenvalue weighted by molar-refractivity contribution is 6.03. The molecule has 9 heteroatoms. The topological polar surface area (TPSA) is 78.2 Å². The van der Waals surface area contributed by atoms with Crippen molar-refractivity contribution in [3.8, 4) is 33.6 Å². The maximum Gasteiger partial charge on any atom is 0.164 e. The van der Waals surface area contributed by atoms with Crippen molar-refractivity contribution in [1.29, 1.82) is 0 Å². The largest absolute Gasteiger partial charge is 0.365 e. The predicted octanol–water partition coefficient (Wildman–Crippen LogP) is 5.03. The molecule has 2 fully saturated rings. The number of benzene rings is 2. The second-order valence-corrected chi connectivity index (χ2v) is 10.5. The number of H-pyrrole nitrogens is 1. The van der Waals surface area contributed by atoms with Gasteiger partial charge in [-0.1, -0.05) is 12.1 Å². The summed E-state index contributed by atoms with van der Waals surface area (Å²) in [7, 11) is 2.17. The van der Waals surface area contributed by atoms with E-state index in [1.165, 1.54) is 6.07 Å². The molecular weight excluding hydrogens is 491 g/mol. The molecule has 0 spiro atoms. The SMILES string of the molecule is CN1C[C@@H]2C[C@H]1CN2c1cc(F)ccc1-c1ccnc2c(-c3cccc4[nH]ncc34)c(-c3ccncc3)nn12. The first kappa shape index (κ1) is 22.4. The van der Waals surface area contributed by atoms with Gasteiger partial charge in [-0.3, -0.25) is 15.0 Å². The van der Waals surface area contributed by atoms with Crippen LogP contribution in [0.4, 0.5) is 10.1 Å². The molecule has 2 aromatic carbocycles. The van der Waals surface area contributed by atoms with E-state index in [4.69, 9.17) is 10.1 Å². The molecule has 8 nitrogen and oxygen atoms in total. The van der Waals surface area contributed by atoms with Gasteiger partial charge in [0.2, 0.25) is 0 Å². The van der Waals surface area contributed by atoms with E-state index in [1.807, 2.05) is 53.3 Å². The lowest BCUT2D eigenvalue weighted by Crippen LogP contribution is -2.44. The Balaban J connectivity index is 1.39. The van der Waals surface area contributed by atoms with E-state index < -0.39 is 0 Å². The minimum atomic E-state index is -0.236. The fourth-order valence-corrected chi connectivity index (χ4v) is 6.42. The Morgan fingerprint density at radius 3 is 2.67 bits per heavy atom. The van der Waals surface area contributed by atoms with Crippen molar-refractivity contribution >= 4 is 22.2 Å². The number of hydrogen-bond donors (Lipinski definition) is 1. The fraction of sp³-hybridized carbons (Fsp3) is 0.200. The third-order valence-corrected chi connectivity index (χ3v) is 8.29. The summed E-state index contributed by atoms with van der Waals surface area (Å²) in [5.41, 5.74) is 8.04. The molecule has 6 aromatic rings. The minimum absolute atomic E-state index is 0.236. The maximum absolute atomic E-state index is 14.7. The zero-order valence-corrected chi connectivity index (χ0v) is 21.3. The van der Waals surface area contributed by atoms with Crippen LogP contribution in [-0.4, -0.2) is 66.9 Å². The van der Waals surface area contributed by atoms with Crippen LogP contribution in [0.1, 0.15) is 6.42 Å². The number of rotatable bonds is 4. The molecular formula is C30H25FN8. The quantitative estimate of drug-likeness (QED) is 0.354. The summed E-state index contributed by atoms with van der Waals surface area (Å²) < 4.78 is 16.6. The first-order valence-electron chi connectivity index (χ1n) is 13.1. The Kier molecular flexibility index (Phi) is 4.84. The summed E-state index contributed by atoms with van der Waals surface area (Å²) in [5.74, 6) is -0.236. The van der Waals surface area contributed by atoms with Gasteiger partial charge < -0.3 is 4.90 Å². The van der Waals surface area contributed by atoms with Crippen molar-refractivity contribution in [2.24, 2.45) is 0 Å². The highest BCUT2D eigenvalue weighted by Gasteiger charge is 2.42. The molecule has 0 aliphatic carbocycles. The van der Waals surface area contributed by atoms with E-state index in [-0.39, 0.29) is 5.82 Å². The van der Waals surface area contributed by atoms with E-state index in [0.29, 0.717) is 12.1 Å². The lowest BCUT2D eigenvalue weighted by Gasteiger charge is -2.34. The van der Waals surface area contributed by atoms with Gasteiger partial charge in [0.25, 0.3) is 0 Å². The van der Waals surface area contributed by atoms with Crippen molar-refractivity contribution in [2.75, 3.05) is 25.0 Å². The lowest BCUT2D eigenvalue weighted by atomic mass is 9.99. The molecule has 2 bridgehead atoms. The van der Waals surface area contributed by atoms with Crippen LogP contribution in [0.2, 0.25) is 0 Å². The Bertz CT molecular complexity index is 1860. The molecule has 39 heavy (non-hydrogen) atoms. The first-order chi connectivity index (χ1) is 19.2. The molecule has 4 aromatic heterocycles. The van der Waals surface area contributed by atoms with E-state index in [2.05, 4.69) is 38.1 Å². The van der Waals surface area contributed by atoms with Gasteiger partial charge in [0.05, 0.1) is 23.0 Å². The number of aromatic amines is 1. The third-order valence-electron chi connectivity index (χ3n) is 8.29. The number of piperazine rings is 1. The second-order valence-electron chi connectivity index (χ2n) is 10.5. The van der Waals surface area contributed by atoms with Crippen molar-refractivity contribution in [2.45, 2.75) is 18.5 Å². The Morgan fingerprint density at radius 2 is 1.85 bits per heavy atom. The monoisotopic (exact) mass is 516 g/mol. The molecule has 0 amide bonds. The Morgan fingerprint density at radius 1 is 0.949 bits per heavy atom. The third kappa shape index (κ3) is 3.39. The Hall–Kier alpha value is -4.63. The van der Waals surface area contributed by atoms with E-state index >= 15 is 0 Å². The summed E-state index contributed by atoms with van der Waals surface area (Å²) in [6.07, 6.45) is 8.30. The maximum atomic E-state index is 14.7. The average molecular weight is 517 g/mol. The van der Waals surface area contributed by atoms with Crippen LogP contribution in [-0.2, 0) is 0 Å². The van der Waals surface area contributed by atoms with Crippen molar-refractivity contribution in [3.63, 3.8) is 0 Å². The molecule has 0 saturated carbocycles. The van der Waals surface area contributed by atoms with E-state index in [0.717, 1.165) is 75.4 Å². The highest BCUT2D eigenvalue weighted by Crippen LogP contribution is 2.42. The number of likely N-dealkylation sites (N-methyl/N-ethyl adjacent to an activating group) is 1. The van der Waals surface area contributed by atoms with Crippen LogP contribution in [0.3, 0.4) is 0 Å². The fourth-order valence-electron chi connectivity index (χ4n) is 6.42. The van der Waals surface area contributed by atoms with Crippen LogP contribution >= 0.6 is 0 Å². The molecule has 2 aliphatic rings. The molecule has 2 atom stereocenters. The van der Waals surface area contributed by atoms with E-state index in [1.54, 1.807) is 18.5 Å². The van der Waals surface area contributed by atoms with Crippen LogP contribution in [0, 0.1) is 5.82 Å². The van der Waals surface area contributed by atoms with Gasteiger partial charge in [-0.2, -0.15) is 10.2 Å². The number of aromatic nitrogens is 6. The predicted molar refractivity (Wildman–Crippen MR) is 149 cm³/mol. The van der Waals surface area contributed by atoms with Gasteiger partial charge in [-0.25, -0.2) is 13.9 Å². The summed E-state index contributed by atoms with van der Waals surface area (Å²) >= 11 is 0. The summed E-state index contributed by atoms with van der Waals surface area (Å²) in [6.45, 7) is 1.88. The van der Waals surface area contributed by atoms with Gasteiger partial charge in [-0.05, 0) is 61.5 Å². The number of fused-ring (bicyclic) bond motifs is 4. The first-order valence-corrected chi connectivity index (χ1v) is 13.1. The number of likely N-dealkylation sites (tertiary alicyclic amines) is 1. The minimum Gasteiger partial charge on any atom is -0.365 e. The van der Waals surface area contributed by atoms with Crippen molar-refractivity contribution < 1.29 is 4.39 Å². The van der Waals surface area contributed by atoms with Crippen LogP contribution in [0.5, 0.6) is 0 Å². The standard InChI is InChI=1S/C30H25FN8/c1-37-16-21-14-20(37)17-38(21)27-13-19(31)5-6-23(27)26-9-12-33-30-28(22-3-2-4-25-24(22)15-34-35-25)29(36-39(26)30)18-7-10-32-11-8-18/h2-13,15,20-21H,14,16-17H2,1H3,(H,34,35)/t20-,21-/m0/s1. The van der Waals surface area contributed by atoms with Crippen LogP contribution in [0.25, 0.3) is 50.2 Å². The summed E-state index contributed by atoms with van der Waals surface area (Å²) in [6, 6.07) is 17.9. The molecule has 2 saturated heterocycles. The smallest absolute Gasteiger partial charge is 0.164 e. The molecule has 8 rings (SSSR count). The summed E-state index contributed by atoms with van der Waals surface area (Å²) in [4.78, 5) is 13.8. The number of pyridine rings is 1. The second kappa shape index (κ2) is 8.44. The molecule has 2 aliphatic heterocycles. The van der Waals surface area contributed by atoms with Crippen molar-refractivity contribution in [1.82, 2.24) is 34.7 Å². The average Bonchev–Trinajstić information content (AvgIpc) is 3.75. The van der Waals surface area contributed by atoms with Gasteiger partial charge in [-0.15, -0.1) is 0 Å².